The number of rotatable bonds is 6. The van der Waals surface area contributed by atoms with Gasteiger partial charge in [0.2, 0.25) is 0 Å². The minimum absolute atomic E-state index is 0.0208. The van der Waals surface area contributed by atoms with Crippen molar-refractivity contribution in [2.75, 3.05) is 26.2 Å². The predicted molar refractivity (Wildman–Crippen MR) is 112 cm³/mol. The van der Waals surface area contributed by atoms with Gasteiger partial charge in [0.25, 0.3) is 0 Å². The number of benzene rings is 2. The van der Waals surface area contributed by atoms with E-state index >= 15 is 0 Å². The highest BCUT2D eigenvalue weighted by Gasteiger charge is 2.44. The van der Waals surface area contributed by atoms with Crippen LogP contribution in [0.5, 0.6) is 5.75 Å². The highest BCUT2D eigenvalue weighted by atomic mass is 19.1. The fourth-order valence-electron chi connectivity index (χ4n) is 4.52. The largest absolute Gasteiger partial charge is 0.495 e. The molecule has 0 saturated heterocycles. The zero-order valence-corrected chi connectivity index (χ0v) is 17.6. The summed E-state index contributed by atoms with van der Waals surface area (Å²) in [6.07, 6.45) is 2.98. The first kappa shape index (κ1) is 20.8. The summed E-state index contributed by atoms with van der Waals surface area (Å²) >= 11 is 0. The molecule has 1 fully saturated rings. The number of likely N-dealkylation sites (N-methyl/N-ethyl adjacent to an activating group) is 1. The molecule has 0 amide bonds. The van der Waals surface area contributed by atoms with E-state index in [4.69, 9.17) is 9.47 Å². The number of halogens is 1. The molecule has 0 bridgehead atoms. The zero-order valence-electron chi connectivity index (χ0n) is 17.6. The van der Waals surface area contributed by atoms with Gasteiger partial charge in [0.1, 0.15) is 17.9 Å². The van der Waals surface area contributed by atoms with Gasteiger partial charge in [-0.25, -0.2) is 9.07 Å². The first-order valence-electron chi connectivity index (χ1n) is 10.0. The van der Waals surface area contributed by atoms with Crippen molar-refractivity contribution in [2.45, 2.75) is 24.8 Å². The van der Waals surface area contributed by atoms with Crippen molar-refractivity contribution >= 4 is 11.7 Å². The highest BCUT2D eigenvalue weighted by Crippen LogP contribution is 2.45. The molecule has 162 valence electrons. The molecule has 0 aliphatic heterocycles. The molecule has 9 heteroatoms. The molecule has 3 aromatic rings. The van der Waals surface area contributed by atoms with Crippen LogP contribution < -0.4 is 9.64 Å². The normalized spacial score (nSPS) is 20.5. The van der Waals surface area contributed by atoms with E-state index in [0.717, 1.165) is 23.4 Å². The van der Waals surface area contributed by atoms with Crippen LogP contribution in [-0.4, -0.2) is 53.5 Å². The van der Waals surface area contributed by atoms with Gasteiger partial charge in [0.05, 0.1) is 31.5 Å². The number of tetrazole rings is 1. The summed E-state index contributed by atoms with van der Waals surface area (Å²) in [6, 6.07) is 12.0. The molecule has 1 aromatic heterocycles. The maximum absolute atomic E-state index is 13.6. The van der Waals surface area contributed by atoms with E-state index < -0.39 is 0 Å². The third-order valence-electron chi connectivity index (χ3n) is 6.03. The van der Waals surface area contributed by atoms with Gasteiger partial charge in [-0.15, -0.1) is 5.10 Å². The molecule has 0 N–H and O–H groups in total. The summed E-state index contributed by atoms with van der Waals surface area (Å²) in [7, 11) is 4.99. The van der Waals surface area contributed by atoms with E-state index in [-0.39, 0.29) is 29.7 Å². The first-order chi connectivity index (χ1) is 15.0. The number of hydrogen-bond acceptors (Lipinski definition) is 7. The minimum atomic E-state index is -0.309. The van der Waals surface area contributed by atoms with Crippen LogP contribution in [0.4, 0.5) is 10.1 Å². The number of methoxy groups -OCH3 is 2. The highest BCUT2D eigenvalue weighted by molar-refractivity contribution is 5.75. The van der Waals surface area contributed by atoms with E-state index in [1.807, 2.05) is 25.2 Å². The predicted octanol–water partition coefficient (Wildman–Crippen LogP) is 2.98. The van der Waals surface area contributed by atoms with Crippen molar-refractivity contribution in [3.05, 3.63) is 60.2 Å². The second kappa shape index (κ2) is 8.71. The van der Waals surface area contributed by atoms with E-state index in [1.54, 1.807) is 23.9 Å². The van der Waals surface area contributed by atoms with Crippen molar-refractivity contribution in [1.82, 2.24) is 20.2 Å². The Morgan fingerprint density at radius 1 is 1.16 bits per heavy atom. The lowest BCUT2D eigenvalue weighted by atomic mass is 9.86. The lowest BCUT2D eigenvalue weighted by Gasteiger charge is -2.34. The number of aromatic nitrogens is 4. The molecule has 1 heterocycles. The van der Waals surface area contributed by atoms with Crippen molar-refractivity contribution < 1.29 is 18.7 Å². The molecule has 3 atom stereocenters. The van der Waals surface area contributed by atoms with Crippen LogP contribution in [0.2, 0.25) is 0 Å². The second-order valence-electron chi connectivity index (χ2n) is 7.57. The van der Waals surface area contributed by atoms with Gasteiger partial charge in [-0.05, 0) is 59.2 Å². The van der Waals surface area contributed by atoms with Crippen LogP contribution in [0.15, 0.2) is 48.8 Å². The number of carbonyl (C=O) groups excluding carboxylic acids is 1. The number of carbonyl (C=O) groups is 1. The van der Waals surface area contributed by atoms with Crippen LogP contribution >= 0.6 is 0 Å². The average Bonchev–Trinajstić information content (AvgIpc) is 3.48. The minimum Gasteiger partial charge on any atom is -0.495 e. The van der Waals surface area contributed by atoms with Gasteiger partial charge >= 0.3 is 5.97 Å². The molecule has 0 spiro atoms. The Labute approximate surface area is 179 Å². The topological polar surface area (TPSA) is 82.4 Å². The number of esters is 1. The maximum Gasteiger partial charge on any atom is 0.309 e. The van der Waals surface area contributed by atoms with Gasteiger partial charge in [-0.3, -0.25) is 4.79 Å². The molecule has 0 radical (unpaired) electrons. The summed E-state index contributed by atoms with van der Waals surface area (Å²) in [6.45, 7) is 0. The molecule has 1 saturated carbocycles. The van der Waals surface area contributed by atoms with Gasteiger partial charge in [0.15, 0.2) is 0 Å². The van der Waals surface area contributed by atoms with Crippen LogP contribution in [-0.2, 0) is 9.53 Å². The number of anilines is 1. The summed E-state index contributed by atoms with van der Waals surface area (Å²) in [4.78, 5) is 14.7. The van der Waals surface area contributed by atoms with E-state index in [1.165, 1.54) is 25.6 Å². The van der Waals surface area contributed by atoms with Gasteiger partial charge in [-0.2, -0.15) is 0 Å². The third kappa shape index (κ3) is 3.95. The Kier molecular flexibility index (Phi) is 5.83. The standard InChI is InChI=1S/C22H24FN5O3/c1-27(19-12-16(8-11-20(19)30-2)28-13-24-25-26-28)18-10-9-17(22(29)31-3)21(18)14-4-6-15(23)7-5-14/h4-8,11-13,17-18,21H,9-10H2,1-3H3/t17-,18-,21+/m0/s1. The number of nitrogens with zero attached hydrogens (tertiary/aromatic N) is 5. The lowest BCUT2D eigenvalue weighted by molar-refractivity contribution is -0.145. The summed E-state index contributed by atoms with van der Waals surface area (Å²) in [5.74, 6) is -0.327. The van der Waals surface area contributed by atoms with Gasteiger partial charge < -0.3 is 14.4 Å². The summed E-state index contributed by atoms with van der Waals surface area (Å²) < 4.78 is 25.8. The molecule has 4 rings (SSSR count). The van der Waals surface area contributed by atoms with Crippen molar-refractivity contribution in [2.24, 2.45) is 5.92 Å². The molecular formula is C22H24FN5O3. The first-order valence-corrected chi connectivity index (χ1v) is 10.0. The Hall–Kier alpha value is -3.49. The van der Waals surface area contributed by atoms with Crippen LogP contribution in [0, 0.1) is 11.7 Å². The molecule has 0 unspecified atom stereocenters. The van der Waals surface area contributed by atoms with E-state index in [9.17, 15) is 9.18 Å². The van der Waals surface area contributed by atoms with E-state index in [0.29, 0.717) is 12.2 Å². The number of ether oxygens (including phenoxy) is 2. The Bertz CT molecular complexity index is 1040. The molecular weight excluding hydrogens is 401 g/mol. The van der Waals surface area contributed by atoms with Crippen molar-refractivity contribution in [1.29, 1.82) is 0 Å². The SMILES string of the molecule is COC(=O)[C@H]1CC[C@H](N(C)c2cc(-n3cnnn3)ccc2OC)[C@@H]1c1ccc(F)cc1. The van der Waals surface area contributed by atoms with Crippen LogP contribution in [0.1, 0.15) is 24.3 Å². The Morgan fingerprint density at radius 2 is 1.94 bits per heavy atom. The summed E-state index contributed by atoms with van der Waals surface area (Å²) in [5, 5.41) is 11.3. The zero-order chi connectivity index (χ0) is 22.0. The fourth-order valence-corrected chi connectivity index (χ4v) is 4.52. The second-order valence-corrected chi connectivity index (χ2v) is 7.57. The van der Waals surface area contributed by atoms with Crippen molar-refractivity contribution in [3.63, 3.8) is 0 Å². The molecule has 1 aliphatic rings. The molecule has 2 aromatic carbocycles. The smallest absolute Gasteiger partial charge is 0.309 e. The van der Waals surface area contributed by atoms with Gasteiger partial charge in [-0.1, -0.05) is 12.1 Å². The quantitative estimate of drug-likeness (QED) is 0.562. The lowest BCUT2D eigenvalue weighted by Crippen LogP contribution is -2.36. The van der Waals surface area contributed by atoms with Crippen molar-refractivity contribution in [3.8, 4) is 11.4 Å². The summed E-state index contributed by atoms with van der Waals surface area (Å²) in [5.41, 5.74) is 2.54. The number of hydrogen-bond donors (Lipinski definition) is 0. The molecule has 8 nitrogen and oxygen atoms in total. The van der Waals surface area contributed by atoms with Gasteiger partial charge in [0, 0.05) is 19.0 Å². The maximum atomic E-state index is 13.6. The Morgan fingerprint density at radius 3 is 2.58 bits per heavy atom. The van der Waals surface area contributed by atoms with E-state index in [2.05, 4.69) is 20.4 Å². The Balaban J connectivity index is 1.74. The molecule has 1 aliphatic carbocycles. The van der Waals surface area contributed by atoms with Crippen LogP contribution in [0.25, 0.3) is 5.69 Å². The fraction of sp³-hybridized carbons (Fsp3) is 0.364. The van der Waals surface area contributed by atoms with Crippen LogP contribution in [0.3, 0.4) is 0 Å². The average molecular weight is 425 g/mol. The molecule has 31 heavy (non-hydrogen) atoms. The third-order valence-corrected chi connectivity index (χ3v) is 6.03. The monoisotopic (exact) mass is 425 g/mol.